The average molecular weight is 268 g/mol. The molecule has 0 aliphatic carbocycles. The summed E-state index contributed by atoms with van der Waals surface area (Å²) < 4.78 is 24.2. The van der Waals surface area contributed by atoms with E-state index in [1.165, 1.54) is 11.3 Å². The molecule has 0 aliphatic heterocycles. The standard InChI is InChI=1S/C9H14ClNO2S2/c1-6(4-5-10)15(12,13)9-11-7(2)8(3)14-9/h6H,4-5H2,1-3H3. The van der Waals surface area contributed by atoms with Gasteiger partial charge in [0.2, 0.25) is 14.2 Å². The SMILES string of the molecule is Cc1nc(S(=O)(=O)C(C)CCCl)sc1C. The van der Waals surface area contributed by atoms with Crippen molar-refractivity contribution in [2.24, 2.45) is 0 Å². The number of nitrogens with zero attached hydrogens (tertiary/aromatic N) is 1. The Morgan fingerprint density at radius 1 is 1.47 bits per heavy atom. The van der Waals surface area contributed by atoms with Gasteiger partial charge in [-0.3, -0.25) is 0 Å². The highest BCUT2D eigenvalue weighted by Crippen LogP contribution is 2.25. The number of rotatable bonds is 4. The molecule has 1 unspecified atom stereocenters. The number of aryl methyl sites for hydroxylation is 2. The minimum atomic E-state index is -3.28. The maximum atomic E-state index is 12.0. The second kappa shape index (κ2) is 4.80. The highest BCUT2D eigenvalue weighted by molar-refractivity contribution is 7.93. The molecule has 0 radical (unpaired) electrons. The van der Waals surface area contributed by atoms with Gasteiger partial charge in [0.1, 0.15) is 0 Å². The molecule has 0 N–H and O–H groups in total. The van der Waals surface area contributed by atoms with Crippen LogP contribution in [-0.4, -0.2) is 24.5 Å². The molecule has 0 saturated heterocycles. The molecule has 1 aromatic heterocycles. The summed E-state index contributed by atoms with van der Waals surface area (Å²) >= 11 is 6.78. The average Bonchev–Trinajstić information content (AvgIpc) is 2.48. The largest absolute Gasteiger partial charge is 0.230 e. The van der Waals surface area contributed by atoms with Crippen LogP contribution in [-0.2, 0) is 9.84 Å². The molecule has 6 heteroatoms. The van der Waals surface area contributed by atoms with E-state index in [9.17, 15) is 8.42 Å². The first-order valence-electron chi connectivity index (χ1n) is 4.63. The third-order valence-electron chi connectivity index (χ3n) is 2.30. The number of sulfone groups is 1. The van der Waals surface area contributed by atoms with Gasteiger partial charge in [0.05, 0.1) is 10.9 Å². The van der Waals surface area contributed by atoms with Crippen molar-refractivity contribution >= 4 is 32.8 Å². The topological polar surface area (TPSA) is 47.0 Å². The molecule has 0 bridgehead atoms. The Hall–Kier alpha value is -0.130. The van der Waals surface area contributed by atoms with E-state index in [0.29, 0.717) is 12.3 Å². The highest BCUT2D eigenvalue weighted by atomic mass is 35.5. The van der Waals surface area contributed by atoms with Crippen LogP contribution in [0, 0.1) is 13.8 Å². The molecule has 86 valence electrons. The summed E-state index contributed by atoms with van der Waals surface area (Å²) in [4.78, 5) is 5.02. The van der Waals surface area contributed by atoms with Crippen LogP contribution >= 0.6 is 22.9 Å². The third-order valence-corrected chi connectivity index (χ3v) is 6.20. The van der Waals surface area contributed by atoms with E-state index in [-0.39, 0.29) is 4.34 Å². The minimum absolute atomic E-state index is 0.218. The first-order valence-corrected chi connectivity index (χ1v) is 7.53. The van der Waals surface area contributed by atoms with Crippen LogP contribution in [0.3, 0.4) is 0 Å². The molecule has 1 aromatic rings. The fourth-order valence-electron chi connectivity index (χ4n) is 1.05. The van der Waals surface area contributed by atoms with E-state index in [2.05, 4.69) is 4.98 Å². The maximum Gasteiger partial charge on any atom is 0.209 e. The smallest absolute Gasteiger partial charge is 0.209 e. The van der Waals surface area contributed by atoms with E-state index >= 15 is 0 Å². The molecule has 0 saturated carbocycles. The van der Waals surface area contributed by atoms with Crippen molar-refractivity contribution in [3.8, 4) is 0 Å². The second-order valence-electron chi connectivity index (χ2n) is 3.45. The number of hydrogen-bond acceptors (Lipinski definition) is 4. The molecule has 1 rings (SSSR count). The van der Waals surface area contributed by atoms with E-state index in [4.69, 9.17) is 11.6 Å². The Balaban J connectivity index is 3.06. The number of halogens is 1. The molecule has 3 nitrogen and oxygen atoms in total. The van der Waals surface area contributed by atoms with Crippen LogP contribution in [0.15, 0.2) is 4.34 Å². The van der Waals surface area contributed by atoms with E-state index in [1.807, 2.05) is 13.8 Å². The highest BCUT2D eigenvalue weighted by Gasteiger charge is 2.26. The van der Waals surface area contributed by atoms with Crippen LogP contribution < -0.4 is 0 Å². The summed E-state index contributed by atoms with van der Waals surface area (Å²) in [7, 11) is -3.28. The van der Waals surface area contributed by atoms with Gasteiger partial charge in [-0.25, -0.2) is 13.4 Å². The van der Waals surface area contributed by atoms with Gasteiger partial charge < -0.3 is 0 Å². The molecule has 15 heavy (non-hydrogen) atoms. The molecular formula is C9H14ClNO2S2. The van der Waals surface area contributed by atoms with Gasteiger partial charge in [0.15, 0.2) is 0 Å². The van der Waals surface area contributed by atoms with Gasteiger partial charge in [0.25, 0.3) is 0 Å². The quantitative estimate of drug-likeness (QED) is 0.788. The van der Waals surface area contributed by atoms with Crippen molar-refractivity contribution in [3.63, 3.8) is 0 Å². The zero-order valence-corrected chi connectivity index (χ0v) is 11.3. The summed E-state index contributed by atoms with van der Waals surface area (Å²) in [5, 5.41) is -0.458. The number of hydrogen-bond donors (Lipinski definition) is 0. The van der Waals surface area contributed by atoms with Crippen molar-refractivity contribution in [3.05, 3.63) is 10.6 Å². The zero-order valence-electron chi connectivity index (χ0n) is 8.95. The van der Waals surface area contributed by atoms with Gasteiger partial charge in [-0.05, 0) is 27.2 Å². The fraction of sp³-hybridized carbons (Fsp3) is 0.667. The maximum absolute atomic E-state index is 12.0. The van der Waals surface area contributed by atoms with Gasteiger partial charge in [0, 0.05) is 10.8 Å². The Morgan fingerprint density at radius 3 is 2.47 bits per heavy atom. The lowest BCUT2D eigenvalue weighted by atomic mass is 10.4. The van der Waals surface area contributed by atoms with Gasteiger partial charge in [-0.15, -0.1) is 22.9 Å². The van der Waals surface area contributed by atoms with Crippen LogP contribution in [0.4, 0.5) is 0 Å². The van der Waals surface area contributed by atoms with E-state index in [0.717, 1.165) is 10.6 Å². The number of aromatic nitrogens is 1. The Morgan fingerprint density at radius 2 is 2.07 bits per heavy atom. The first-order chi connectivity index (χ1) is 6.89. The molecule has 1 atom stereocenters. The lowest BCUT2D eigenvalue weighted by Gasteiger charge is -2.07. The van der Waals surface area contributed by atoms with Gasteiger partial charge in [-0.2, -0.15) is 0 Å². The Labute approximate surface area is 99.4 Å². The summed E-state index contributed by atoms with van der Waals surface area (Å²) in [5.41, 5.74) is 0.789. The van der Waals surface area contributed by atoms with E-state index < -0.39 is 15.1 Å². The van der Waals surface area contributed by atoms with Crippen molar-refractivity contribution in [1.29, 1.82) is 0 Å². The van der Waals surface area contributed by atoms with Crippen molar-refractivity contribution in [1.82, 2.24) is 4.98 Å². The Bertz CT molecular complexity index is 419. The molecular weight excluding hydrogens is 254 g/mol. The molecule has 0 fully saturated rings. The normalized spacial score (nSPS) is 14.1. The number of thiazole rings is 1. The second-order valence-corrected chi connectivity index (χ2v) is 7.58. The molecule has 0 aliphatic rings. The van der Waals surface area contributed by atoms with Crippen molar-refractivity contribution in [2.45, 2.75) is 36.8 Å². The first kappa shape index (κ1) is 12.9. The van der Waals surface area contributed by atoms with Crippen LogP contribution in [0.2, 0.25) is 0 Å². The summed E-state index contributed by atoms with van der Waals surface area (Å²) in [5.74, 6) is 0.351. The predicted molar refractivity (Wildman–Crippen MR) is 63.6 cm³/mol. The Kier molecular flexibility index (Phi) is 4.14. The van der Waals surface area contributed by atoms with Crippen molar-refractivity contribution < 1.29 is 8.42 Å². The lowest BCUT2D eigenvalue weighted by molar-refractivity contribution is 0.580. The molecule has 0 spiro atoms. The fourth-order valence-corrected chi connectivity index (χ4v) is 4.51. The molecule has 0 aromatic carbocycles. The third kappa shape index (κ3) is 2.71. The summed E-state index contributed by atoms with van der Waals surface area (Å²) in [6.07, 6.45) is 0.460. The zero-order chi connectivity index (χ0) is 11.6. The van der Waals surface area contributed by atoms with E-state index in [1.54, 1.807) is 6.92 Å². The van der Waals surface area contributed by atoms with Gasteiger partial charge in [-0.1, -0.05) is 0 Å². The number of alkyl halides is 1. The summed E-state index contributed by atoms with van der Waals surface area (Å²) in [6, 6.07) is 0. The predicted octanol–water partition coefficient (Wildman–Crippen LogP) is 2.55. The monoisotopic (exact) mass is 267 g/mol. The molecule has 1 heterocycles. The minimum Gasteiger partial charge on any atom is -0.230 e. The summed E-state index contributed by atoms with van der Waals surface area (Å²) in [6.45, 7) is 5.36. The van der Waals surface area contributed by atoms with Crippen LogP contribution in [0.5, 0.6) is 0 Å². The van der Waals surface area contributed by atoms with Crippen molar-refractivity contribution in [2.75, 3.05) is 5.88 Å². The molecule has 0 amide bonds. The van der Waals surface area contributed by atoms with Gasteiger partial charge >= 0.3 is 0 Å². The van der Waals surface area contributed by atoms with Crippen LogP contribution in [0.1, 0.15) is 23.9 Å². The lowest BCUT2D eigenvalue weighted by Crippen LogP contribution is -2.18. The van der Waals surface area contributed by atoms with Crippen LogP contribution in [0.25, 0.3) is 0 Å².